The highest BCUT2D eigenvalue weighted by Gasteiger charge is 2.32. The van der Waals surface area contributed by atoms with Gasteiger partial charge in [-0.2, -0.15) is 0 Å². The van der Waals surface area contributed by atoms with Gasteiger partial charge in [-0.05, 0) is 13.3 Å². The van der Waals surface area contributed by atoms with Gasteiger partial charge in [-0.1, -0.05) is 12.1 Å². The quantitative estimate of drug-likeness (QED) is 0.856. The maximum absolute atomic E-state index is 12.4. The number of carboxylic acids is 1. The van der Waals surface area contributed by atoms with Crippen molar-refractivity contribution in [3.05, 3.63) is 17.0 Å². The Morgan fingerprint density at radius 2 is 2.26 bits per heavy atom. The van der Waals surface area contributed by atoms with Gasteiger partial charge in [0.25, 0.3) is 5.91 Å². The maximum Gasteiger partial charge on any atom is 0.334 e. The van der Waals surface area contributed by atoms with E-state index in [1.165, 1.54) is 4.90 Å². The third-order valence-corrected chi connectivity index (χ3v) is 3.11. The van der Waals surface area contributed by atoms with E-state index < -0.39 is 12.1 Å². The minimum absolute atomic E-state index is 0.0436. The van der Waals surface area contributed by atoms with Gasteiger partial charge in [0.05, 0.1) is 18.8 Å². The second kappa shape index (κ2) is 5.40. The Bertz CT molecular complexity index is 496. The van der Waals surface area contributed by atoms with E-state index in [1.807, 2.05) is 6.92 Å². The third-order valence-electron chi connectivity index (χ3n) is 3.11. The fourth-order valence-corrected chi connectivity index (χ4v) is 2.07. The molecule has 1 aliphatic rings. The number of aliphatic carboxylic acids is 1. The first-order valence-electron chi connectivity index (χ1n) is 6.13. The zero-order valence-electron chi connectivity index (χ0n) is 10.9. The smallest absolute Gasteiger partial charge is 0.334 e. The number of carboxylic acid groups (broad SMARTS) is 1. The Morgan fingerprint density at radius 1 is 1.53 bits per heavy atom. The van der Waals surface area contributed by atoms with E-state index in [4.69, 9.17) is 14.4 Å². The van der Waals surface area contributed by atoms with Crippen LogP contribution in [0.25, 0.3) is 0 Å². The number of morpholine rings is 1. The van der Waals surface area contributed by atoms with E-state index >= 15 is 0 Å². The summed E-state index contributed by atoms with van der Waals surface area (Å²) >= 11 is 0. The van der Waals surface area contributed by atoms with E-state index in [0.717, 1.165) is 0 Å². The minimum atomic E-state index is -1.06. The molecule has 19 heavy (non-hydrogen) atoms. The van der Waals surface area contributed by atoms with Crippen LogP contribution >= 0.6 is 0 Å². The first-order chi connectivity index (χ1) is 9.04. The first kappa shape index (κ1) is 13.5. The molecule has 1 aliphatic heterocycles. The van der Waals surface area contributed by atoms with Crippen molar-refractivity contribution in [2.75, 3.05) is 19.7 Å². The normalized spacial score (nSPS) is 19.5. The van der Waals surface area contributed by atoms with Gasteiger partial charge in [0.2, 0.25) is 0 Å². The van der Waals surface area contributed by atoms with Crippen molar-refractivity contribution in [2.24, 2.45) is 0 Å². The number of nitrogens with zero attached hydrogens (tertiary/aromatic N) is 2. The molecule has 1 saturated heterocycles. The molecule has 1 aromatic rings. The highest BCUT2D eigenvalue weighted by Crippen LogP contribution is 2.18. The van der Waals surface area contributed by atoms with E-state index in [2.05, 4.69) is 5.16 Å². The Labute approximate surface area is 110 Å². The summed E-state index contributed by atoms with van der Waals surface area (Å²) in [4.78, 5) is 24.8. The average Bonchev–Trinajstić information content (AvgIpc) is 2.79. The Morgan fingerprint density at radius 3 is 2.89 bits per heavy atom. The molecule has 1 amide bonds. The maximum atomic E-state index is 12.4. The number of carbonyl (C=O) groups is 2. The lowest BCUT2D eigenvalue weighted by atomic mass is 10.1. The zero-order chi connectivity index (χ0) is 14.0. The van der Waals surface area contributed by atoms with Crippen LogP contribution in [0.4, 0.5) is 0 Å². The number of carbonyl (C=O) groups excluding carboxylic acids is 1. The van der Waals surface area contributed by atoms with Crippen molar-refractivity contribution in [3.63, 3.8) is 0 Å². The predicted molar refractivity (Wildman–Crippen MR) is 63.9 cm³/mol. The number of hydrogen-bond donors (Lipinski definition) is 1. The molecule has 7 nitrogen and oxygen atoms in total. The number of ether oxygens (including phenoxy) is 1. The summed E-state index contributed by atoms with van der Waals surface area (Å²) in [6, 6.07) is 0. The molecule has 2 heterocycles. The van der Waals surface area contributed by atoms with Gasteiger partial charge in [-0.3, -0.25) is 4.79 Å². The second-order valence-electron chi connectivity index (χ2n) is 4.36. The fraction of sp³-hybridized carbons (Fsp3) is 0.583. The average molecular weight is 268 g/mol. The van der Waals surface area contributed by atoms with E-state index in [9.17, 15) is 9.59 Å². The summed E-state index contributed by atoms with van der Waals surface area (Å²) in [5.74, 6) is -0.847. The van der Waals surface area contributed by atoms with Gasteiger partial charge < -0.3 is 19.3 Å². The summed E-state index contributed by atoms with van der Waals surface area (Å²) in [6.45, 7) is 4.19. The van der Waals surface area contributed by atoms with Gasteiger partial charge in [-0.25, -0.2) is 4.79 Å². The van der Waals surface area contributed by atoms with Crippen LogP contribution in [0.2, 0.25) is 0 Å². The van der Waals surface area contributed by atoms with Crippen molar-refractivity contribution in [1.82, 2.24) is 10.1 Å². The van der Waals surface area contributed by atoms with Crippen LogP contribution in [0.15, 0.2) is 4.52 Å². The highest BCUT2D eigenvalue weighted by atomic mass is 16.5. The lowest BCUT2D eigenvalue weighted by Crippen LogP contribution is -2.48. The van der Waals surface area contributed by atoms with E-state index in [-0.39, 0.29) is 19.1 Å². The van der Waals surface area contributed by atoms with Crippen LogP contribution < -0.4 is 0 Å². The van der Waals surface area contributed by atoms with E-state index in [1.54, 1.807) is 6.92 Å². The fourth-order valence-electron chi connectivity index (χ4n) is 2.07. The number of aromatic nitrogens is 1. The molecule has 2 rings (SSSR count). The molecule has 0 spiro atoms. The number of aryl methyl sites for hydroxylation is 2. The molecule has 0 aromatic carbocycles. The second-order valence-corrected chi connectivity index (χ2v) is 4.36. The largest absolute Gasteiger partial charge is 0.479 e. The number of amides is 1. The van der Waals surface area contributed by atoms with Crippen molar-refractivity contribution in [1.29, 1.82) is 0 Å². The first-order valence-corrected chi connectivity index (χ1v) is 6.13. The van der Waals surface area contributed by atoms with Crippen molar-refractivity contribution in [2.45, 2.75) is 26.4 Å². The number of hydrogen-bond acceptors (Lipinski definition) is 5. The molecule has 0 aliphatic carbocycles. The molecule has 0 saturated carbocycles. The van der Waals surface area contributed by atoms with Gasteiger partial charge >= 0.3 is 5.97 Å². The molecule has 0 bridgehead atoms. The Balaban J connectivity index is 2.19. The SMILES string of the molecule is CCc1noc(C)c1C(=O)N1CCOC(C(=O)O)C1. The summed E-state index contributed by atoms with van der Waals surface area (Å²) in [5.41, 5.74) is 1.04. The molecule has 104 valence electrons. The van der Waals surface area contributed by atoms with E-state index in [0.29, 0.717) is 30.0 Å². The minimum Gasteiger partial charge on any atom is -0.479 e. The lowest BCUT2D eigenvalue weighted by Gasteiger charge is -2.30. The summed E-state index contributed by atoms with van der Waals surface area (Å²) < 4.78 is 10.1. The molecule has 1 aromatic heterocycles. The monoisotopic (exact) mass is 268 g/mol. The number of rotatable bonds is 3. The van der Waals surface area contributed by atoms with Crippen LogP contribution in [0, 0.1) is 6.92 Å². The lowest BCUT2D eigenvalue weighted by molar-refractivity contribution is -0.154. The van der Waals surface area contributed by atoms with Gasteiger partial charge in [0.1, 0.15) is 11.3 Å². The standard InChI is InChI=1S/C12H16N2O5/c1-3-8-10(7(2)19-13-8)11(15)14-4-5-18-9(6-14)12(16)17/h9H,3-6H2,1-2H3,(H,16,17). The third kappa shape index (κ3) is 2.60. The van der Waals surface area contributed by atoms with Crippen LogP contribution in [0.5, 0.6) is 0 Å². The van der Waals surface area contributed by atoms with Crippen molar-refractivity contribution < 1.29 is 24.0 Å². The molecule has 1 fully saturated rings. The van der Waals surface area contributed by atoms with Crippen LogP contribution in [-0.4, -0.2) is 52.8 Å². The molecule has 1 atom stereocenters. The van der Waals surface area contributed by atoms with Crippen molar-refractivity contribution >= 4 is 11.9 Å². The van der Waals surface area contributed by atoms with Crippen LogP contribution in [0.1, 0.15) is 28.7 Å². The summed E-state index contributed by atoms with van der Waals surface area (Å²) in [7, 11) is 0. The molecular weight excluding hydrogens is 252 g/mol. The molecular formula is C12H16N2O5. The predicted octanol–water partition coefficient (Wildman–Crippen LogP) is 0.471. The molecule has 7 heteroatoms. The molecule has 0 radical (unpaired) electrons. The molecule has 1 unspecified atom stereocenters. The van der Waals surface area contributed by atoms with Crippen molar-refractivity contribution in [3.8, 4) is 0 Å². The topological polar surface area (TPSA) is 92.9 Å². The Hall–Kier alpha value is -1.89. The Kier molecular flexibility index (Phi) is 3.84. The zero-order valence-corrected chi connectivity index (χ0v) is 10.9. The summed E-state index contributed by atoms with van der Waals surface area (Å²) in [5, 5.41) is 12.8. The molecule has 1 N–H and O–H groups in total. The summed E-state index contributed by atoms with van der Waals surface area (Å²) in [6.07, 6.45) is -0.381. The van der Waals surface area contributed by atoms with Gasteiger partial charge in [0, 0.05) is 6.54 Å². The van der Waals surface area contributed by atoms with Gasteiger partial charge in [-0.15, -0.1) is 0 Å². The highest BCUT2D eigenvalue weighted by molar-refractivity contribution is 5.96. The van der Waals surface area contributed by atoms with Crippen LogP contribution in [-0.2, 0) is 16.0 Å². The van der Waals surface area contributed by atoms with Gasteiger partial charge in [0.15, 0.2) is 6.10 Å². The van der Waals surface area contributed by atoms with Crippen LogP contribution in [0.3, 0.4) is 0 Å².